The van der Waals surface area contributed by atoms with Crippen molar-refractivity contribution in [2.75, 3.05) is 13.2 Å². The summed E-state index contributed by atoms with van der Waals surface area (Å²) in [6.45, 7) is 8.31. The van der Waals surface area contributed by atoms with Crippen molar-refractivity contribution in [1.82, 2.24) is 0 Å². The molecule has 0 aliphatic carbocycles. The van der Waals surface area contributed by atoms with Crippen LogP contribution in [-0.4, -0.2) is 13.2 Å². The first-order valence-corrected chi connectivity index (χ1v) is 3.89. The van der Waals surface area contributed by atoms with Gasteiger partial charge in [-0.1, -0.05) is 20.3 Å². The normalized spacial score (nSPS) is 13.7. The fraction of sp³-hybridized carbons (Fsp3) is 1.00. The van der Waals surface area contributed by atoms with Crippen LogP contribution in [0.4, 0.5) is 0 Å². The summed E-state index contributed by atoms with van der Waals surface area (Å²) >= 11 is 0. The van der Waals surface area contributed by atoms with Crippen molar-refractivity contribution in [2.45, 2.75) is 33.6 Å². The molecule has 1 heteroatoms. The Kier molecular flexibility index (Phi) is 6.06. The SMILES string of the molecule is CCOCC[C@@H](C)CC. The molecule has 0 saturated heterocycles. The Morgan fingerprint density at radius 3 is 2.44 bits per heavy atom. The van der Waals surface area contributed by atoms with Crippen LogP contribution in [0.2, 0.25) is 0 Å². The van der Waals surface area contributed by atoms with Gasteiger partial charge in [-0.25, -0.2) is 0 Å². The molecule has 0 aromatic heterocycles. The molecule has 0 heterocycles. The summed E-state index contributed by atoms with van der Waals surface area (Å²) in [5.74, 6) is 0.830. The monoisotopic (exact) mass is 130 g/mol. The third-order valence-electron chi connectivity index (χ3n) is 1.66. The second-order valence-corrected chi connectivity index (χ2v) is 2.50. The van der Waals surface area contributed by atoms with E-state index < -0.39 is 0 Å². The van der Waals surface area contributed by atoms with Crippen LogP contribution in [-0.2, 0) is 4.74 Å². The van der Waals surface area contributed by atoms with Crippen LogP contribution >= 0.6 is 0 Å². The Hall–Kier alpha value is -0.0400. The summed E-state index contributed by atoms with van der Waals surface area (Å²) in [6, 6.07) is 0. The molecular formula is C8H18O. The lowest BCUT2D eigenvalue weighted by atomic mass is 10.1. The van der Waals surface area contributed by atoms with E-state index in [1.54, 1.807) is 0 Å². The van der Waals surface area contributed by atoms with Crippen molar-refractivity contribution in [2.24, 2.45) is 5.92 Å². The van der Waals surface area contributed by atoms with Crippen LogP contribution in [0.25, 0.3) is 0 Å². The highest BCUT2D eigenvalue weighted by Gasteiger charge is 1.95. The smallest absolute Gasteiger partial charge is 0.0468 e. The molecule has 0 aliphatic rings. The standard InChI is InChI=1S/C8H18O/c1-4-8(3)6-7-9-5-2/h8H,4-7H2,1-3H3/t8-/m0/s1. The third-order valence-corrected chi connectivity index (χ3v) is 1.66. The van der Waals surface area contributed by atoms with Crippen molar-refractivity contribution in [3.8, 4) is 0 Å². The van der Waals surface area contributed by atoms with Gasteiger partial charge in [0.15, 0.2) is 0 Å². The lowest BCUT2D eigenvalue weighted by molar-refractivity contribution is 0.133. The Balaban J connectivity index is 2.88. The summed E-state index contributed by atoms with van der Waals surface area (Å²) in [6.07, 6.45) is 2.48. The molecule has 0 fully saturated rings. The summed E-state index contributed by atoms with van der Waals surface area (Å²) in [5, 5.41) is 0. The van der Waals surface area contributed by atoms with E-state index in [1.807, 2.05) is 6.92 Å². The van der Waals surface area contributed by atoms with Gasteiger partial charge in [-0.2, -0.15) is 0 Å². The molecule has 56 valence electrons. The second-order valence-electron chi connectivity index (χ2n) is 2.50. The highest BCUT2D eigenvalue weighted by Crippen LogP contribution is 2.05. The van der Waals surface area contributed by atoms with Crippen LogP contribution in [0, 0.1) is 5.92 Å². The van der Waals surface area contributed by atoms with E-state index in [4.69, 9.17) is 4.74 Å². The van der Waals surface area contributed by atoms with Gasteiger partial charge in [0.2, 0.25) is 0 Å². The lowest BCUT2D eigenvalue weighted by Gasteiger charge is -2.06. The minimum atomic E-state index is 0.830. The zero-order valence-corrected chi connectivity index (χ0v) is 6.81. The molecule has 0 spiro atoms. The van der Waals surface area contributed by atoms with E-state index in [2.05, 4.69) is 13.8 Å². The molecule has 0 radical (unpaired) electrons. The van der Waals surface area contributed by atoms with E-state index >= 15 is 0 Å². The molecule has 0 saturated carbocycles. The van der Waals surface area contributed by atoms with Gasteiger partial charge in [0, 0.05) is 13.2 Å². The molecule has 0 aliphatic heterocycles. The van der Waals surface area contributed by atoms with Gasteiger partial charge in [0.1, 0.15) is 0 Å². The molecule has 0 unspecified atom stereocenters. The summed E-state index contributed by atoms with van der Waals surface area (Å²) < 4.78 is 5.21. The van der Waals surface area contributed by atoms with Gasteiger partial charge in [-0.15, -0.1) is 0 Å². The van der Waals surface area contributed by atoms with Crippen molar-refractivity contribution in [3.05, 3.63) is 0 Å². The zero-order chi connectivity index (χ0) is 7.11. The van der Waals surface area contributed by atoms with Gasteiger partial charge in [-0.3, -0.25) is 0 Å². The predicted octanol–water partition coefficient (Wildman–Crippen LogP) is 2.46. The van der Waals surface area contributed by atoms with Crippen molar-refractivity contribution < 1.29 is 4.74 Å². The Morgan fingerprint density at radius 2 is 2.00 bits per heavy atom. The van der Waals surface area contributed by atoms with E-state index in [1.165, 1.54) is 12.8 Å². The first-order valence-electron chi connectivity index (χ1n) is 3.89. The van der Waals surface area contributed by atoms with Crippen molar-refractivity contribution in [3.63, 3.8) is 0 Å². The van der Waals surface area contributed by atoms with Crippen molar-refractivity contribution in [1.29, 1.82) is 0 Å². The van der Waals surface area contributed by atoms with Crippen molar-refractivity contribution >= 4 is 0 Å². The highest BCUT2D eigenvalue weighted by molar-refractivity contribution is 4.47. The topological polar surface area (TPSA) is 9.23 Å². The fourth-order valence-corrected chi connectivity index (χ4v) is 0.633. The van der Waals surface area contributed by atoms with E-state index in [0.29, 0.717) is 0 Å². The first kappa shape index (κ1) is 8.96. The number of rotatable bonds is 5. The maximum Gasteiger partial charge on any atom is 0.0468 e. The first-order chi connectivity index (χ1) is 4.31. The quantitative estimate of drug-likeness (QED) is 0.519. The van der Waals surface area contributed by atoms with E-state index in [9.17, 15) is 0 Å². The molecule has 0 aromatic carbocycles. The van der Waals surface area contributed by atoms with E-state index in [0.717, 1.165) is 19.1 Å². The second kappa shape index (κ2) is 6.09. The molecular weight excluding hydrogens is 112 g/mol. The minimum Gasteiger partial charge on any atom is -0.382 e. The van der Waals surface area contributed by atoms with Crippen LogP contribution < -0.4 is 0 Å². The molecule has 9 heavy (non-hydrogen) atoms. The largest absolute Gasteiger partial charge is 0.382 e. The Morgan fingerprint density at radius 1 is 1.33 bits per heavy atom. The van der Waals surface area contributed by atoms with Gasteiger partial charge < -0.3 is 4.74 Å². The van der Waals surface area contributed by atoms with E-state index in [-0.39, 0.29) is 0 Å². The van der Waals surface area contributed by atoms with Gasteiger partial charge in [-0.05, 0) is 19.3 Å². The molecule has 1 nitrogen and oxygen atoms in total. The summed E-state index contributed by atoms with van der Waals surface area (Å²) in [7, 11) is 0. The predicted molar refractivity (Wildman–Crippen MR) is 40.6 cm³/mol. The molecule has 1 atom stereocenters. The molecule has 0 bridgehead atoms. The third kappa shape index (κ3) is 5.84. The number of hydrogen-bond donors (Lipinski definition) is 0. The Bertz CT molecular complexity index is 52.5. The van der Waals surface area contributed by atoms with Gasteiger partial charge in [0.05, 0.1) is 0 Å². The van der Waals surface area contributed by atoms with Gasteiger partial charge >= 0.3 is 0 Å². The zero-order valence-electron chi connectivity index (χ0n) is 6.81. The average molecular weight is 130 g/mol. The average Bonchev–Trinajstić information content (AvgIpc) is 1.89. The highest BCUT2D eigenvalue weighted by atomic mass is 16.5. The summed E-state index contributed by atoms with van der Waals surface area (Å²) in [4.78, 5) is 0. The maximum atomic E-state index is 5.21. The van der Waals surface area contributed by atoms with Crippen LogP contribution in [0.15, 0.2) is 0 Å². The van der Waals surface area contributed by atoms with Crippen LogP contribution in [0.3, 0.4) is 0 Å². The Labute approximate surface area is 58.4 Å². The van der Waals surface area contributed by atoms with Crippen LogP contribution in [0.1, 0.15) is 33.6 Å². The lowest BCUT2D eigenvalue weighted by Crippen LogP contribution is -1.99. The molecule has 0 N–H and O–H groups in total. The maximum absolute atomic E-state index is 5.21. The molecule has 0 aromatic rings. The van der Waals surface area contributed by atoms with Crippen LogP contribution in [0.5, 0.6) is 0 Å². The fourth-order valence-electron chi connectivity index (χ4n) is 0.633. The summed E-state index contributed by atoms with van der Waals surface area (Å²) in [5.41, 5.74) is 0. The van der Waals surface area contributed by atoms with Gasteiger partial charge in [0.25, 0.3) is 0 Å². The number of ether oxygens (including phenoxy) is 1. The minimum absolute atomic E-state index is 0.830. The number of hydrogen-bond acceptors (Lipinski definition) is 1. The molecule has 0 rings (SSSR count). The molecule has 0 amide bonds.